The molecule has 0 atom stereocenters. The highest BCUT2D eigenvalue weighted by Gasteiger charge is 2.05. The fourth-order valence-electron chi connectivity index (χ4n) is 2.08. The molecular formula is C15H12N2O. The van der Waals surface area contributed by atoms with Gasteiger partial charge in [-0.15, -0.1) is 0 Å². The van der Waals surface area contributed by atoms with Crippen molar-refractivity contribution in [3.8, 4) is 0 Å². The van der Waals surface area contributed by atoms with Gasteiger partial charge < -0.3 is 4.98 Å². The summed E-state index contributed by atoms with van der Waals surface area (Å²) in [5.41, 5.74) is 3.76. The van der Waals surface area contributed by atoms with Crippen LogP contribution >= 0.6 is 0 Å². The molecule has 3 aromatic rings. The molecule has 0 aliphatic carbocycles. The highest BCUT2D eigenvalue weighted by Crippen LogP contribution is 2.18. The van der Waals surface area contributed by atoms with E-state index in [0.717, 1.165) is 29.3 Å². The van der Waals surface area contributed by atoms with Crippen LogP contribution in [0.4, 0.5) is 0 Å². The molecule has 1 N–H and O–H groups in total. The smallest absolute Gasteiger partial charge is 0.152 e. The normalized spacial score (nSPS) is 10.7. The summed E-state index contributed by atoms with van der Waals surface area (Å²) in [5, 5.41) is 0.936. The van der Waals surface area contributed by atoms with Crippen molar-refractivity contribution in [2.45, 2.75) is 6.42 Å². The number of carbonyl (C=O) groups is 1. The minimum absolute atomic E-state index is 0.682. The van der Waals surface area contributed by atoms with Gasteiger partial charge in [-0.1, -0.05) is 30.3 Å². The van der Waals surface area contributed by atoms with Crippen molar-refractivity contribution in [3.63, 3.8) is 0 Å². The van der Waals surface area contributed by atoms with Crippen LogP contribution < -0.4 is 0 Å². The summed E-state index contributed by atoms with van der Waals surface area (Å²) in [6.07, 6.45) is 5.14. The molecule has 0 fully saturated rings. The zero-order valence-corrected chi connectivity index (χ0v) is 9.76. The Kier molecular flexibility index (Phi) is 2.65. The SMILES string of the molecule is O=Cc1c[nH]c2cnc(Cc3ccccc3)cc12. The van der Waals surface area contributed by atoms with Crippen molar-refractivity contribution in [1.82, 2.24) is 9.97 Å². The average Bonchev–Trinajstić information content (AvgIpc) is 2.82. The van der Waals surface area contributed by atoms with Crippen LogP contribution in [0, 0.1) is 0 Å². The predicted octanol–water partition coefficient (Wildman–Crippen LogP) is 2.97. The molecule has 2 heterocycles. The van der Waals surface area contributed by atoms with E-state index in [9.17, 15) is 4.79 Å². The standard InChI is InChI=1S/C15H12N2O/c18-10-12-8-17-15-9-16-13(7-14(12)15)6-11-4-2-1-3-5-11/h1-5,7-10,17H,6H2. The number of nitrogens with one attached hydrogen (secondary N) is 1. The zero-order valence-electron chi connectivity index (χ0n) is 9.76. The summed E-state index contributed by atoms with van der Waals surface area (Å²) in [6, 6.07) is 12.1. The minimum atomic E-state index is 0.682. The second-order valence-electron chi connectivity index (χ2n) is 4.25. The number of benzene rings is 1. The second-order valence-corrected chi connectivity index (χ2v) is 4.25. The Morgan fingerprint density at radius 2 is 2.06 bits per heavy atom. The maximum Gasteiger partial charge on any atom is 0.152 e. The molecular weight excluding hydrogens is 224 g/mol. The Morgan fingerprint density at radius 3 is 2.83 bits per heavy atom. The van der Waals surface area contributed by atoms with Crippen molar-refractivity contribution in [2.24, 2.45) is 0 Å². The number of hydrogen-bond donors (Lipinski definition) is 1. The Hall–Kier alpha value is -2.42. The summed E-state index contributed by atoms with van der Waals surface area (Å²) in [7, 11) is 0. The first-order chi connectivity index (χ1) is 8.86. The molecule has 0 aliphatic heterocycles. The van der Waals surface area contributed by atoms with Crippen LogP contribution in [0.3, 0.4) is 0 Å². The van der Waals surface area contributed by atoms with Crippen molar-refractivity contribution in [2.75, 3.05) is 0 Å². The van der Waals surface area contributed by atoms with Crippen LogP contribution in [0.1, 0.15) is 21.6 Å². The molecule has 1 aromatic carbocycles. The van der Waals surface area contributed by atoms with Crippen molar-refractivity contribution < 1.29 is 4.79 Å². The van der Waals surface area contributed by atoms with Crippen molar-refractivity contribution in [3.05, 3.63) is 65.6 Å². The van der Waals surface area contributed by atoms with Crippen molar-refractivity contribution in [1.29, 1.82) is 0 Å². The molecule has 3 heteroatoms. The van der Waals surface area contributed by atoms with Gasteiger partial charge in [0.15, 0.2) is 6.29 Å². The molecule has 0 radical (unpaired) electrons. The third-order valence-corrected chi connectivity index (χ3v) is 3.01. The Labute approximate surface area is 104 Å². The third-order valence-electron chi connectivity index (χ3n) is 3.01. The average molecular weight is 236 g/mol. The summed E-state index contributed by atoms with van der Waals surface area (Å²) >= 11 is 0. The van der Waals surface area contributed by atoms with E-state index in [1.807, 2.05) is 24.3 Å². The predicted molar refractivity (Wildman–Crippen MR) is 70.7 cm³/mol. The first kappa shape index (κ1) is 10.7. The van der Waals surface area contributed by atoms with Crippen LogP contribution in [0.2, 0.25) is 0 Å². The fraction of sp³-hybridized carbons (Fsp3) is 0.0667. The van der Waals surface area contributed by atoms with Crippen molar-refractivity contribution >= 4 is 17.2 Å². The maximum absolute atomic E-state index is 10.9. The van der Waals surface area contributed by atoms with Gasteiger partial charge in [0, 0.05) is 29.3 Å². The van der Waals surface area contributed by atoms with Crippen LogP contribution in [-0.4, -0.2) is 16.3 Å². The molecule has 0 saturated heterocycles. The van der Waals surface area contributed by atoms with Gasteiger partial charge in [0.2, 0.25) is 0 Å². The Morgan fingerprint density at radius 1 is 1.22 bits per heavy atom. The molecule has 0 bridgehead atoms. The number of carbonyl (C=O) groups excluding carboxylic acids is 1. The molecule has 0 amide bonds. The molecule has 0 spiro atoms. The summed E-state index contributed by atoms with van der Waals surface area (Å²) in [4.78, 5) is 18.3. The maximum atomic E-state index is 10.9. The lowest BCUT2D eigenvalue weighted by atomic mass is 10.1. The molecule has 0 aliphatic rings. The molecule has 18 heavy (non-hydrogen) atoms. The number of hydrogen-bond acceptors (Lipinski definition) is 2. The quantitative estimate of drug-likeness (QED) is 0.710. The first-order valence-electron chi connectivity index (χ1n) is 5.82. The van der Waals surface area contributed by atoms with Gasteiger partial charge in [-0.05, 0) is 11.6 Å². The number of H-pyrrole nitrogens is 1. The van der Waals surface area contributed by atoms with Crippen LogP contribution in [0.5, 0.6) is 0 Å². The molecule has 3 rings (SSSR count). The number of pyridine rings is 1. The van der Waals surface area contributed by atoms with E-state index in [4.69, 9.17) is 0 Å². The summed E-state index contributed by atoms with van der Waals surface area (Å²) < 4.78 is 0. The second kappa shape index (κ2) is 4.45. The van der Waals surface area contributed by atoms with Crippen LogP contribution in [0.15, 0.2) is 48.8 Å². The van der Waals surface area contributed by atoms with E-state index in [-0.39, 0.29) is 0 Å². The number of aromatic amines is 1. The van der Waals surface area contributed by atoms with Gasteiger partial charge in [0.1, 0.15) is 0 Å². The summed E-state index contributed by atoms with van der Waals surface area (Å²) in [6.45, 7) is 0. The molecule has 3 nitrogen and oxygen atoms in total. The number of aldehydes is 1. The highest BCUT2D eigenvalue weighted by molar-refractivity contribution is 5.96. The highest BCUT2D eigenvalue weighted by atomic mass is 16.1. The number of nitrogens with zero attached hydrogens (tertiary/aromatic N) is 1. The number of aromatic nitrogens is 2. The monoisotopic (exact) mass is 236 g/mol. The van der Waals surface area contributed by atoms with E-state index in [1.165, 1.54) is 5.56 Å². The number of fused-ring (bicyclic) bond motifs is 1. The van der Waals surface area contributed by atoms with Gasteiger partial charge in [-0.25, -0.2) is 0 Å². The van der Waals surface area contributed by atoms with Crippen LogP contribution in [-0.2, 0) is 6.42 Å². The van der Waals surface area contributed by atoms with E-state index < -0.39 is 0 Å². The fourth-order valence-corrected chi connectivity index (χ4v) is 2.08. The van der Waals surface area contributed by atoms with Gasteiger partial charge in [0.25, 0.3) is 0 Å². The summed E-state index contributed by atoms with van der Waals surface area (Å²) in [5.74, 6) is 0. The topological polar surface area (TPSA) is 45.8 Å². The van der Waals surface area contributed by atoms with E-state index in [0.29, 0.717) is 5.56 Å². The Bertz CT molecular complexity index is 686. The molecule has 88 valence electrons. The van der Waals surface area contributed by atoms with Crippen LogP contribution in [0.25, 0.3) is 10.9 Å². The largest absolute Gasteiger partial charge is 0.359 e. The molecule has 2 aromatic heterocycles. The number of rotatable bonds is 3. The minimum Gasteiger partial charge on any atom is -0.359 e. The van der Waals surface area contributed by atoms with Gasteiger partial charge >= 0.3 is 0 Å². The zero-order chi connectivity index (χ0) is 12.4. The lowest BCUT2D eigenvalue weighted by Gasteiger charge is -2.01. The van der Waals surface area contributed by atoms with Gasteiger partial charge in [-0.2, -0.15) is 0 Å². The Balaban J connectivity index is 2.00. The third kappa shape index (κ3) is 1.91. The van der Waals surface area contributed by atoms with Gasteiger partial charge in [0.05, 0.1) is 11.7 Å². The van der Waals surface area contributed by atoms with E-state index >= 15 is 0 Å². The molecule has 0 unspecified atom stereocenters. The first-order valence-corrected chi connectivity index (χ1v) is 5.82. The van der Waals surface area contributed by atoms with E-state index in [1.54, 1.807) is 12.4 Å². The van der Waals surface area contributed by atoms with Gasteiger partial charge in [-0.3, -0.25) is 9.78 Å². The lowest BCUT2D eigenvalue weighted by Crippen LogP contribution is -1.91. The lowest BCUT2D eigenvalue weighted by molar-refractivity contribution is 0.112. The van der Waals surface area contributed by atoms with E-state index in [2.05, 4.69) is 22.1 Å². The molecule has 0 saturated carbocycles.